The number of imide groups is 1. The number of piperidine rings is 1. The number of likely N-dealkylation sites (tertiary alicyclic amines) is 1. The molecule has 0 spiro atoms. The number of nitrogens with zero attached hydrogens (tertiary/aromatic N) is 2. The summed E-state index contributed by atoms with van der Waals surface area (Å²) < 4.78 is 5.72. The molecule has 3 N–H and O–H groups in total. The van der Waals surface area contributed by atoms with E-state index in [0.29, 0.717) is 0 Å². The molecule has 0 saturated carbocycles. The van der Waals surface area contributed by atoms with Crippen molar-refractivity contribution >= 4 is 53.6 Å². The number of thioether (sulfide) groups is 1. The Morgan fingerprint density at radius 3 is 2.46 bits per heavy atom. The summed E-state index contributed by atoms with van der Waals surface area (Å²) in [6, 6.07) is -0.388. The van der Waals surface area contributed by atoms with Gasteiger partial charge in [0, 0.05) is 44.6 Å². The molecular weight excluding hydrogens is 493 g/mol. The van der Waals surface area contributed by atoms with E-state index < -0.39 is 5.54 Å². The Kier molecular flexibility index (Phi) is 8.26. The minimum absolute atomic E-state index is 0. The highest BCUT2D eigenvalue weighted by atomic mass is 127. The second-order valence-corrected chi connectivity index (χ2v) is 9.05. The van der Waals surface area contributed by atoms with E-state index >= 15 is 0 Å². The Hall–Kier alpha value is -0.750. The van der Waals surface area contributed by atoms with Crippen LogP contribution in [0.25, 0.3) is 0 Å². The van der Waals surface area contributed by atoms with E-state index in [9.17, 15) is 9.59 Å². The maximum atomic E-state index is 12.2. The van der Waals surface area contributed by atoms with Gasteiger partial charge in [0.25, 0.3) is 5.91 Å². The van der Waals surface area contributed by atoms with E-state index in [-0.39, 0.29) is 46.6 Å². The Labute approximate surface area is 188 Å². The van der Waals surface area contributed by atoms with Gasteiger partial charge in [0.2, 0.25) is 0 Å². The standard InChI is InChI=1S/C18H31N5O3S.HI/c1-17(14(24)21-16(25)22-17)13-4-8-23(9-5-13)15(19-2)20-12-18(27-3)6-10-26-11-7-18;/h13H,4-12H2,1-3H3,(H,19,20)(H2,21,22,24,25);1H. The summed E-state index contributed by atoms with van der Waals surface area (Å²) in [4.78, 5) is 30.4. The van der Waals surface area contributed by atoms with Crippen molar-refractivity contribution in [2.24, 2.45) is 10.9 Å². The van der Waals surface area contributed by atoms with Crippen molar-refractivity contribution in [2.75, 3.05) is 46.2 Å². The normalized spacial score (nSPS) is 28.4. The van der Waals surface area contributed by atoms with Crippen molar-refractivity contribution in [1.82, 2.24) is 20.9 Å². The van der Waals surface area contributed by atoms with E-state index in [1.165, 1.54) is 0 Å². The third kappa shape index (κ3) is 4.86. The molecule has 3 amide bonds. The van der Waals surface area contributed by atoms with Gasteiger partial charge in [-0.1, -0.05) is 0 Å². The van der Waals surface area contributed by atoms with Gasteiger partial charge in [0.15, 0.2) is 5.96 Å². The van der Waals surface area contributed by atoms with E-state index in [1.54, 1.807) is 0 Å². The molecule has 3 rings (SSSR count). The zero-order valence-corrected chi connectivity index (χ0v) is 20.0. The molecule has 3 saturated heterocycles. The van der Waals surface area contributed by atoms with Crippen molar-refractivity contribution in [3.05, 3.63) is 0 Å². The van der Waals surface area contributed by atoms with Crippen LogP contribution in [-0.2, 0) is 9.53 Å². The summed E-state index contributed by atoms with van der Waals surface area (Å²) in [7, 11) is 1.82. The SMILES string of the molecule is CN=C(NCC1(SC)CCOCC1)N1CCC(C2(C)NC(=O)NC2=O)CC1.I. The lowest BCUT2D eigenvalue weighted by molar-refractivity contribution is -0.125. The molecule has 8 nitrogen and oxygen atoms in total. The number of nitrogens with one attached hydrogen (secondary N) is 3. The average Bonchev–Trinajstić information content (AvgIpc) is 2.96. The summed E-state index contributed by atoms with van der Waals surface area (Å²) in [6.07, 6.45) is 5.95. The number of halogens is 1. The second-order valence-electron chi connectivity index (χ2n) is 7.77. The molecule has 1 unspecified atom stereocenters. The highest BCUT2D eigenvalue weighted by Gasteiger charge is 2.48. The van der Waals surface area contributed by atoms with E-state index in [2.05, 4.69) is 32.1 Å². The number of aliphatic imine (C=N–C) groups is 1. The van der Waals surface area contributed by atoms with E-state index in [1.807, 2.05) is 25.7 Å². The van der Waals surface area contributed by atoms with Crippen LogP contribution in [0, 0.1) is 5.92 Å². The van der Waals surface area contributed by atoms with Gasteiger partial charge in [-0.25, -0.2) is 4.79 Å². The van der Waals surface area contributed by atoms with Crippen LogP contribution in [0.1, 0.15) is 32.6 Å². The topological polar surface area (TPSA) is 95.1 Å². The number of ether oxygens (including phenoxy) is 1. The van der Waals surface area contributed by atoms with Gasteiger partial charge >= 0.3 is 6.03 Å². The van der Waals surface area contributed by atoms with Crippen LogP contribution in [0.2, 0.25) is 0 Å². The fourth-order valence-electron chi connectivity index (χ4n) is 4.28. The molecule has 28 heavy (non-hydrogen) atoms. The van der Waals surface area contributed by atoms with Gasteiger partial charge in [-0.2, -0.15) is 11.8 Å². The number of carbonyl (C=O) groups is 2. The van der Waals surface area contributed by atoms with E-state index in [4.69, 9.17) is 4.74 Å². The third-order valence-corrected chi connectivity index (χ3v) is 7.72. The number of hydrogen-bond acceptors (Lipinski definition) is 5. The van der Waals surface area contributed by atoms with Crippen LogP contribution < -0.4 is 16.0 Å². The van der Waals surface area contributed by atoms with Crippen LogP contribution >= 0.6 is 35.7 Å². The summed E-state index contributed by atoms with van der Waals surface area (Å²) in [5.41, 5.74) is -0.800. The first-order chi connectivity index (χ1) is 12.9. The average molecular weight is 525 g/mol. The minimum atomic E-state index is -0.800. The number of urea groups is 1. The lowest BCUT2D eigenvalue weighted by Crippen LogP contribution is -2.56. The lowest BCUT2D eigenvalue weighted by Gasteiger charge is -2.41. The second kappa shape index (κ2) is 9.84. The quantitative estimate of drug-likeness (QED) is 0.223. The Morgan fingerprint density at radius 1 is 1.32 bits per heavy atom. The van der Waals surface area contributed by atoms with Gasteiger partial charge in [0.1, 0.15) is 5.54 Å². The number of hydrogen-bond donors (Lipinski definition) is 3. The molecule has 0 aromatic rings. The maximum Gasteiger partial charge on any atom is 0.322 e. The molecule has 3 aliphatic heterocycles. The molecule has 10 heteroatoms. The molecule has 3 aliphatic rings. The molecular formula is C18H32IN5O3S. The minimum Gasteiger partial charge on any atom is -0.381 e. The molecule has 0 aromatic carbocycles. The van der Waals surface area contributed by atoms with Crippen molar-refractivity contribution < 1.29 is 14.3 Å². The summed E-state index contributed by atoms with van der Waals surface area (Å²) >= 11 is 1.91. The highest BCUT2D eigenvalue weighted by molar-refractivity contribution is 14.0. The lowest BCUT2D eigenvalue weighted by atomic mass is 9.79. The van der Waals surface area contributed by atoms with Crippen molar-refractivity contribution in [3.63, 3.8) is 0 Å². The summed E-state index contributed by atoms with van der Waals surface area (Å²) in [5.74, 6) is 0.833. The van der Waals surface area contributed by atoms with Crippen LogP contribution in [0.3, 0.4) is 0 Å². The Balaban J connectivity index is 0.00000280. The van der Waals surface area contributed by atoms with Gasteiger partial charge in [0.05, 0.1) is 0 Å². The largest absolute Gasteiger partial charge is 0.381 e. The number of carbonyl (C=O) groups excluding carboxylic acids is 2. The molecule has 1 atom stereocenters. The highest BCUT2D eigenvalue weighted by Crippen LogP contribution is 2.33. The molecule has 0 bridgehead atoms. The van der Waals surface area contributed by atoms with Gasteiger partial charge in [-0.3, -0.25) is 15.1 Å². The third-order valence-electron chi connectivity index (χ3n) is 6.30. The van der Waals surface area contributed by atoms with Crippen LogP contribution in [0.4, 0.5) is 4.79 Å². The van der Waals surface area contributed by atoms with Gasteiger partial charge in [-0.15, -0.1) is 24.0 Å². The first-order valence-electron chi connectivity index (χ1n) is 9.64. The fourth-order valence-corrected chi connectivity index (χ4v) is 5.07. The fraction of sp³-hybridized carbons (Fsp3) is 0.833. The maximum absolute atomic E-state index is 12.2. The zero-order valence-electron chi connectivity index (χ0n) is 16.9. The van der Waals surface area contributed by atoms with E-state index in [0.717, 1.165) is 64.5 Å². The summed E-state index contributed by atoms with van der Waals surface area (Å²) in [5, 5.41) is 8.74. The Morgan fingerprint density at radius 2 is 1.96 bits per heavy atom. The molecule has 160 valence electrons. The predicted molar refractivity (Wildman–Crippen MR) is 122 cm³/mol. The summed E-state index contributed by atoms with van der Waals surface area (Å²) in [6.45, 7) is 5.98. The zero-order chi connectivity index (χ0) is 19.5. The monoisotopic (exact) mass is 525 g/mol. The number of amides is 3. The van der Waals surface area contributed by atoms with Crippen molar-refractivity contribution in [2.45, 2.75) is 42.9 Å². The first-order valence-corrected chi connectivity index (χ1v) is 10.9. The molecule has 0 aliphatic carbocycles. The molecule has 0 aromatic heterocycles. The molecule has 3 fully saturated rings. The smallest absolute Gasteiger partial charge is 0.322 e. The predicted octanol–water partition coefficient (Wildman–Crippen LogP) is 1.40. The van der Waals surface area contributed by atoms with Crippen molar-refractivity contribution in [1.29, 1.82) is 0 Å². The van der Waals surface area contributed by atoms with Gasteiger partial charge in [-0.05, 0) is 44.8 Å². The van der Waals surface area contributed by atoms with Crippen LogP contribution in [0.15, 0.2) is 4.99 Å². The number of rotatable bonds is 4. The molecule has 0 radical (unpaired) electrons. The van der Waals surface area contributed by atoms with Gasteiger partial charge < -0.3 is 20.3 Å². The van der Waals surface area contributed by atoms with Crippen LogP contribution in [0.5, 0.6) is 0 Å². The van der Waals surface area contributed by atoms with Crippen molar-refractivity contribution in [3.8, 4) is 0 Å². The number of guanidine groups is 1. The molecule has 3 heterocycles. The van der Waals surface area contributed by atoms with Crippen LogP contribution in [-0.4, -0.2) is 79.2 Å². The Bertz CT molecular complexity index is 606. The first kappa shape index (κ1) is 23.5.